The van der Waals surface area contributed by atoms with Gasteiger partial charge in [0.05, 0.1) is 0 Å². The van der Waals surface area contributed by atoms with Crippen molar-refractivity contribution in [1.29, 1.82) is 0 Å². The molecule has 0 atom stereocenters. The van der Waals surface area contributed by atoms with E-state index < -0.39 is 0 Å². The Morgan fingerprint density at radius 2 is 1.71 bits per heavy atom. The van der Waals surface area contributed by atoms with Crippen molar-refractivity contribution in [2.45, 2.75) is 20.0 Å². The average Bonchev–Trinajstić information content (AvgIpc) is 2.93. The van der Waals surface area contributed by atoms with Gasteiger partial charge in [-0.3, -0.25) is 0 Å². The van der Waals surface area contributed by atoms with Crippen molar-refractivity contribution < 1.29 is 9.15 Å². The van der Waals surface area contributed by atoms with E-state index in [1.54, 1.807) is 6.92 Å². The average molecular weight is 280 g/mol. The van der Waals surface area contributed by atoms with Crippen molar-refractivity contribution in [3.8, 4) is 5.75 Å². The summed E-state index contributed by atoms with van der Waals surface area (Å²) in [7, 11) is 0. The van der Waals surface area contributed by atoms with Crippen molar-refractivity contribution >= 4 is 0 Å². The van der Waals surface area contributed by atoms with Gasteiger partial charge in [-0.15, -0.1) is 10.2 Å². The Hall–Kier alpha value is -2.62. The molecular formula is C17H16N2O2. The fraction of sp³-hybridized carbons (Fsp3) is 0.176. The van der Waals surface area contributed by atoms with E-state index in [-0.39, 0.29) is 6.61 Å². The van der Waals surface area contributed by atoms with Crippen molar-refractivity contribution in [3.05, 3.63) is 77.5 Å². The molecule has 0 N–H and O–H groups in total. The molecule has 0 bridgehead atoms. The van der Waals surface area contributed by atoms with Crippen LogP contribution in [0.1, 0.15) is 22.9 Å². The maximum atomic E-state index is 5.81. The summed E-state index contributed by atoms with van der Waals surface area (Å²) in [6, 6.07) is 18.3. The molecule has 0 aliphatic heterocycles. The van der Waals surface area contributed by atoms with Crippen molar-refractivity contribution in [2.24, 2.45) is 0 Å². The van der Waals surface area contributed by atoms with Crippen LogP contribution in [0.15, 0.2) is 59.0 Å². The van der Waals surface area contributed by atoms with Gasteiger partial charge in [-0.1, -0.05) is 48.5 Å². The van der Waals surface area contributed by atoms with E-state index >= 15 is 0 Å². The van der Waals surface area contributed by atoms with Gasteiger partial charge in [0.2, 0.25) is 5.89 Å². The molecule has 3 rings (SSSR count). The van der Waals surface area contributed by atoms with Crippen LogP contribution in [-0.4, -0.2) is 10.2 Å². The van der Waals surface area contributed by atoms with Crippen LogP contribution in [0.5, 0.6) is 5.75 Å². The molecule has 0 radical (unpaired) electrons. The number of aromatic nitrogens is 2. The van der Waals surface area contributed by atoms with Gasteiger partial charge < -0.3 is 9.15 Å². The summed E-state index contributed by atoms with van der Waals surface area (Å²) in [6.45, 7) is 2.05. The van der Waals surface area contributed by atoms with Crippen molar-refractivity contribution in [2.75, 3.05) is 0 Å². The summed E-state index contributed by atoms with van der Waals surface area (Å²) in [5.74, 6) is 1.88. The third-order valence-electron chi connectivity index (χ3n) is 3.13. The van der Waals surface area contributed by atoms with Crippen LogP contribution in [0, 0.1) is 6.92 Å². The summed E-state index contributed by atoms with van der Waals surface area (Å²) >= 11 is 0. The lowest BCUT2D eigenvalue weighted by molar-refractivity contribution is 0.258. The first-order valence-corrected chi connectivity index (χ1v) is 6.85. The minimum atomic E-state index is 0.284. The van der Waals surface area contributed by atoms with E-state index in [1.165, 1.54) is 5.56 Å². The molecule has 4 nitrogen and oxygen atoms in total. The quantitative estimate of drug-likeness (QED) is 0.717. The molecule has 0 saturated heterocycles. The maximum absolute atomic E-state index is 5.81. The monoisotopic (exact) mass is 280 g/mol. The summed E-state index contributed by atoms with van der Waals surface area (Å²) in [5, 5.41) is 7.73. The zero-order chi connectivity index (χ0) is 14.5. The lowest BCUT2D eigenvalue weighted by Crippen LogP contribution is -1.99. The predicted molar refractivity (Wildman–Crippen MR) is 79.1 cm³/mol. The Morgan fingerprint density at radius 1 is 0.952 bits per heavy atom. The highest BCUT2D eigenvalue weighted by molar-refractivity contribution is 5.37. The molecule has 0 aliphatic rings. The zero-order valence-corrected chi connectivity index (χ0v) is 11.8. The van der Waals surface area contributed by atoms with Gasteiger partial charge in [-0.05, 0) is 17.2 Å². The van der Waals surface area contributed by atoms with E-state index in [2.05, 4.69) is 28.4 Å². The predicted octanol–water partition coefficient (Wildman–Crippen LogP) is 3.55. The molecule has 2 aromatic carbocycles. The lowest BCUT2D eigenvalue weighted by atomic mass is 10.0. The normalized spacial score (nSPS) is 10.5. The number of nitrogens with zero attached hydrogens (tertiary/aromatic N) is 2. The Bertz CT molecular complexity index is 708. The van der Waals surface area contributed by atoms with E-state index in [0.29, 0.717) is 11.8 Å². The van der Waals surface area contributed by atoms with Gasteiger partial charge in [0.15, 0.2) is 6.61 Å². The topological polar surface area (TPSA) is 48.2 Å². The van der Waals surface area contributed by atoms with Gasteiger partial charge in [0.25, 0.3) is 5.89 Å². The molecule has 1 aromatic heterocycles. The standard InChI is InChI=1S/C17H16N2O2/c1-13-18-19-17(21-13)12-20-16-10-6-5-9-15(16)11-14-7-3-2-4-8-14/h2-10H,11-12H2,1H3. The maximum Gasteiger partial charge on any atom is 0.253 e. The Balaban J connectivity index is 1.73. The lowest BCUT2D eigenvalue weighted by Gasteiger charge is -2.10. The number of ether oxygens (including phenoxy) is 1. The first kappa shape index (κ1) is 13.4. The van der Waals surface area contributed by atoms with Crippen LogP contribution < -0.4 is 4.74 Å². The van der Waals surface area contributed by atoms with E-state index in [4.69, 9.17) is 9.15 Å². The Morgan fingerprint density at radius 3 is 2.48 bits per heavy atom. The first-order chi connectivity index (χ1) is 10.3. The fourth-order valence-corrected chi connectivity index (χ4v) is 2.14. The Kier molecular flexibility index (Phi) is 3.96. The summed E-state index contributed by atoms with van der Waals surface area (Å²) in [6.07, 6.45) is 0.833. The molecule has 3 aromatic rings. The second kappa shape index (κ2) is 6.22. The molecule has 0 amide bonds. The molecule has 106 valence electrons. The minimum Gasteiger partial charge on any atom is -0.484 e. The Labute approximate surface area is 123 Å². The highest BCUT2D eigenvalue weighted by Gasteiger charge is 2.07. The number of hydrogen-bond donors (Lipinski definition) is 0. The molecule has 1 heterocycles. The molecule has 0 unspecified atom stereocenters. The SMILES string of the molecule is Cc1nnc(COc2ccccc2Cc2ccccc2)o1. The highest BCUT2D eigenvalue weighted by atomic mass is 16.5. The van der Waals surface area contributed by atoms with E-state index in [9.17, 15) is 0 Å². The molecular weight excluding hydrogens is 264 g/mol. The summed E-state index contributed by atoms with van der Waals surface area (Å²) < 4.78 is 11.1. The molecule has 4 heteroatoms. The van der Waals surface area contributed by atoms with Crippen molar-refractivity contribution in [3.63, 3.8) is 0 Å². The number of rotatable bonds is 5. The molecule has 0 fully saturated rings. The molecule has 0 saturated carbocycles. The van der Waals surface area contributed by atoms with Gasteiger partial charge >= 0.3 is 0 Å². The number of hydrogen-bond acceptors (Lipinski definition) is 4. The van der Waals surface area contributed by atoms with Gasteiger partial charge in [0, 0.05) is 13.3 Å². The van der Waals surface area contributed by atoms with Crippen LogP contribution in [0.25, 0.3) is 0 Å². The highest BCUT2D eigenvalue weighted by Crippen LogP contribution is 2.22. The third-order valence-corrected chi connectivity index (χ3v) is 3.13. The second-order valence-electron chi connectivity index (χ2n) is 4.77. The second-order valence-corrected chi connectivity index (χ2v) is 4.77. The van der Waals surface area contributed by atoms with Gasteiger partial charge in [0.1, 0.15) is 5.75 Å². The van der Waals surface area contributed by atoms with Crippen molar-refractivity contribution in [1.82, 2.24) is 10.2 Å². The molecule has 0 spiro atoms. The molecule has 21 heavy (non-hydrogen) atoms. The van der Waals surface area contributed by atoms with Crippen LogP contribution in [-0.2, 0) is 13.0 Å². The van der Waals surface area contributed by atoms with Gasteiger partial charge in [-0.25, -0.2) is 0 Å². The van der Waals surface area contributed by atoms with Crippen LogP contribution >= 0.6 is 0 Å². The number of aryl methyl sites for hydroxylation is 1. The van der Waals surface area contributed by atoms with Gasteiger partial charge in [-0.2, -0.15) is 0 Å². The zero-order valence-electron chi connectivity index (χ0n) is 11.8. The largest absolute Gasteiger partial charge is 0.484 e. The van der Waals surface area contributed by atoms with Crippen LogP contribution in [0.4, 0.5) is 0 Å². The fourth-order valence-electron chi connectivity index (χ4n) is 2.14. The third kappa shape index (κ3) is 3.48. The molecule has 0 aliphatic carbocycles. The smallest absolute Gasteiger partial charge is 0.253 e. The van der Waals surface area contributed by atoms with Crippen LogP contribution in [0.2, 0.25) is 0 Å². The van der Waals surface area contributed by atoms with E-state index in [1.807, 2.05) is 36.4 Å². The number of benzene rings is 2. The van der Waals surface area contributed by atoms with Crippen LogP contribution in [0.3, 0.4) is 0 Å². The van der Waals surface area contributed by atoms with E-state index in [0.717, 1.165) is 17.7 Å². The minimum absolute atomic E-state index is 0.284. The number of para-hydroxylation sites is 1. The summed E-state index contributed by atoms with van der Waals surface area (Å²) in [5.41, 5.74) is 2.39. The summed E-state index contributed by atoms with van der Waals surface area (Å²) in [4.78, 5) is 0. The first-order valence-electron chi connectivity index (χ1n) is 6.85.